The minimum atomic E-state index is -4.94. The second-order valence-electron chi connectivity index (χ2n) is 6.14. The molecule has 12 nitrogen and oxygen atoms in total. The lowest BCUT2D eigenvalue weighted by Crippen LogP contribution is -2.03. The summed E-state index contributed by atoms with van der Waals surface area (Å²) in [7, 11) is -14.2. The normalized spacial score (nSPS) is 13.1. The number of anilines is 1. The SMILES string of the molecule is Nc1ccc(N=Nc2ccc(S(=O)(=O)O)cc2S(=O)(=O)O)c2ccc(S(=O)(=O)O)cc12. The van der Waals surface area contributed by atoms with Crippen LogP contribution in [0, 0.1) is 0 Å². The van der Waals surface area contributed by atoms with Gasteiger partial charge in [0, 0.05) is 16.5 Å². The highest BCUT2D eigenvalue weighted by Crippen LogP contribution is 2.34. The van der Waals surface area contributed by atoms with Gasteiger partial charge in [0.15, 0.2) is 0 Å². The van der Waals surface area contributed by atoms with E-state index in [1.54, 1.807) is 0 Å². The van der Waals surface area contributed by atoms with Crippen molar-refractivity contribution < 1.29 is 38.9 Å². The van der Waals surface area contributed by atoms with E-state index in [2.05, 4.69) is 10.2 Å². The Bertz CT molecular complexity index is 1560. The Balaban J connectivity index is 2.17. The monoisotopic (exact) mass is 487 g/mol. The van der Waals surface area contributed by atoms with Crippen LogP contribution in [-0.2, 0) is 30.4 Å². The first-order valence-electron chi connectivity index (χ1n) is 7.98. The molecule has 0 radical (unpaired) electrons. The first-order valence-corrected chi connectivity index (χ1v) is 12.3. The zero-order valence-corrected chi connectivity index (χ0v) is 17.6. The van der Waals surface area contributed by atoms with Crippen LogP contribution >= 0.6 is 0 Å². The Labute approximate surface area is 176 Å². The van der Waals surface area contributed by atoms with Crippen molar-refractivity contribution in [1.82, 2.24) is 0 Å². The van der Waals surface area contributed by atoms with Gasteiger partial charge in [0.25, 0.3) is 30.4 Å². The second-order valence-corrected chi connectivity index (χ2v) is 10.4. The van der Waals surface area contributed by atoms with Crippen LogP contribution < -0.4 is 5.73 Å². The number of rotatable bonds is 5. The molecule has 0 saturated carbocycles. The molecule has 0 aromatic heterocycles. The van der Waals surface area contributed by atoms with Gasteiger partial charge in [-0.2, -0.15) is 25.3 Å². The number of azo groups is 1. The first kappa shape index (κ1) is 22.7. The van der Waals surface area contributed by atoms with Crippen LogP contribution in [0.1, 0.15) is 0 Å². The molecule has 0 aliphatic rings. The number of nitrogens with zero attached hydrogens (tertiary/aromatic N) is 2. The Kier molecular flexibility index (Phi) is 5.59. The lowest BCUT2D eigenvalue weighted by molar-refractivity contribution is 0.479. The summed E-state index contributed by atoms with van der Waals surface area (Å²) in [5.74, 6) is 0. The van der Waals surface area contributed by atoms with E-state index in [1.165, 1.54) is 18.2 Å². The Morgan fingerprint density at radius 2 is 1.13 bits per heavy atom. The van der Waals surface area contributed by atoms with Crippen LogP contribution in [0.3, 0.4) is 0 Å². The highest BCUT2D eigenvalue weighted by Gasteiger charge is 2.21. The maximum absolute atomic E-state index is 11.6. The Hall–Kier alpha value is -2.95. The fourth-order valence-electron chi connectivity index (χ4n) is 2.63. The number of hydrogen-bond donors (Lipinski definition) is 4. The fraction of sp³-hybridized carbons (Fsp3) is 0. The largest absolute Gasteiger partial charge is 0.398 e. The number of fused-ring (bicyclic) bond motifs is 1. The molecule has 0 saturated heterocycles. The molecular weight excluding hydrogens is 474 g/mol. The predicted molar refractivity (Wildman–Crippen MR) is 108 cm³/mol. The van der Waals surface area contributed by atoms with E-state index in [0.717, 1.165) is 24.3 Å². The molecule has 0 spiro atoms. The molecule has 0 fully saturated rings. The molecule has 15 heteroatoms. The van der Waals surface area contributed by atoms with Gasteiger partial charge in [-0.05, 0) is 42.5 Å². The molecule has 0 unspecified atom stereocenters. The summed E-state index contributed by atoms with van der Waals surface area (Å²) in [6, 6.07) is 8.56. The van der Waals surface area contributed by atoms with E-state index in [1.807, 2.05) is 0 Å². The van der Waals surface area contributed by atoms with Crippen molar-refractivity contribution in [3.8, 4) is 0 Å². The van der Waals surface area contributed by atoms with E-state index < -0.39 is 50.7 Å². The number of nitrogens with two attached hydrogens (primary N) is 1. The van der Waals surface area contributed by atoms with Crippen molar-refractivity contribution in [2.24, 2.45) is 10.2 Å². The minimum Gasteiger partial charge on any atom is -0.398 e. The highest BCUT2D eigenvalue weighted by atomic mass is 32.2. The fourth-order valence-corrected chi connectivity index (χ4v) is 4.37. The summed E-state index contributed by atoms with van der Waals surface area (Å²) in [5.41, 5.74) is 5.69. The van der Waals surface area contributed by atoms with Crippen LogP contribution in [0.5, 0.6) is 0 Å². The Morgan fingerprint density at radius 1 is 0.613 bits per heavy atom. The molecule has 3 aromatic carbocycles. The van der Waals surface area contributed by atoms with Crippen molar-refractivity contribution in [3.05, 3.63) is 48.5 Å². The average molecular weight is 487 g/mol. The summed E-state index contributed by atoms with van der Waals surface area (Å²) in [5, 5.41) is 8.11. The van der Waals surface area contributed by atoms with Gasteiger partial charge in [0.05, 0.1) is 15.5 Å². The van der Waals surface area contributed by atoms with Gasteiger partial charge in [-0.25, -0.2) is 0 Å². The maximum Gasteiger partial charge on any atom is 0.296 e. The molecule has 0 aliphatic carbocycles. The van der Waals surface area contributed by atoms with E-state index in [-0.39, 0.29) is 16.8 Å². The van der Waals surface area contributed by atoms with E-state index in [4.69, 9.17) is 10.3 Å². The van der Waals surface area contributed by atoms with Gasteiger partial charge in [-0.1, -0.05) is 6.07 Å². The summed E-state index contributed by atoms with van der Waals surface area (Å²) < 4.78 is 96.0. The third-order valence-electron chi connectivity index (χ3n) is 4.07. The molecule has 0 aliphatic heterocycles. The summed E-state index contributed by atoms with van der Waals surface area (Å²) in [4.78, 5) is -2.11. The third-order valence-corrected chi connectivity index (χ3v) is 6.65. The molecule has 0 atom stereocenters. The molecule has 0 heterocycles. The van der Waals surface area contributed by atoms with Gasteiger partial charge in [-0.3, -0.25) is 13.7 Å². The Morgan fingerprint density at radius 3 is 1.71 bits per heavy atom. The second kappa shape index (κ2) is 7.63. The highest BCUT2D eigenvalue weighted by molar-refractivity contribution is 7.86. The van der Waals surface area contributed by atoms with Crippen LogP contribution in [-0.4, -0.2) is 38.9 Å². The van der Waals surface area contributed by atoms with Crippen LogP contribution in [0.25, 0.3) is 10.8 Å². The molecule has 5 N–H and O–H groups in total. The number of hydrogen-bond acceptors (Lipinski definition) is 9. The lowest BCUT2D eigenvalue weighted by Gasteiger charge is -2.07. The van der Waals surface area contributed by atoms with Gasteiger partial charge in [0.1, 0.15) is 10.6 Å². The molecule has 164 valence electrons. The number of nitrogen functional groups attached to an aromatic ring is 1. The van der Waals surface area contributed by atoms with Crippen LogP contribution in [0.4, 0.5) is 17.1 Å². The molecule has 0 amide bonds. The van der Waals surface area contributed by atoms with Crippen LogP contribution in [0.2, 0.25) is 0 Å². The summed E-state index contributed by atoms with van der Waals surface area (Å²) in [6.45, 7) is 0. The van der Waals surface area contributed by atoms with E-state index in [9.17, 15) is 34.4 Å². The standard InChI is InChI=1S/C16H13N3O9S3/c17-13-4-6-14(11-3-1-9(7-12(11)13)29(20,21)22)18-19-15-5-2-10(30(23,24)25)8-16(15)31(26,27)28/h1-8H,17H2,(H,20,21,22)(H,23,24,25)(H,26,27,28). The molecular formula is C16H13N3O9S3. The predicted octanol–water partition coefficient (Wildman–Crippen LogP) is 2.58. The van der Waals surface area contributed by atoms with E-state index in [0.29, 0.717) is 11.5 Å². The summed E-state index contributed by atoms with van der Waals surface area (Å²) >= 11 is 0. The summed E-state index contributed by atoms with van der Waals surface area (Å²) in [6.07, 6.45) is 0. The lowest BCUT2D eigenvalue weighted by atomic mass is 10.1. The van der Waals surface area contributed by atoms with Gasteiger partial charge >= 0.3 is 0 Å². The topological polar surface area (TPSA) is 214 Å². The van der Waals surface area contributed by atoms with Crippen LogP contribution in [0.15, 0.2) is 73.4 Å². The smallest absolute Gasteiger partial charge is 0.296 e. The molecule has 31 heavy (non-hydrogen) atoms. The van der Waals surface area contributed by atoms with Crippen molar-refractivity contribution in [2.45, 2.75) is 14.7 Å². The molecule has 3 rings (SSSR count). The zero-order chi connectivity index (χ0) is 23.2. The molecule has 0 bridgehead atoms. The van der Waals surface area contributed by atoms with Gasteiger partial charge < -0.3 is 5.73 Å². The molecule has 3 aromatic rings. The van der Waals surface area contributed by atoms with E-state index >= 15 is 0 Å². The third kappa shape index (κ3) is 4.87. The van der Waals surface area contributed by atoms with Crippen molar-refractivity contribution in [1.29, 1.82) is 0 Å². The van der Waals surface area contributed by atoms with Crippen molar-refractivity contribution in [2.75, 3.05) is 5.73 Å². The quantitative estimate of drug-likeness (QED) is 0.234. The zero-order valence-electron chi connectivity index (χ0n) is 15.1. The number of benzene rings is 3. The average Bonchev–Trinajstić information content (AvgIpc) is 2.65. The maximum atomic E-state index is 11.6. The van der Waals surface area contributed by atoms with Crippen molar-refractivity contribution >= 4 is 58.2 Å². The van der Waals surface area contributed by atoms with Crippen molar-refractivity contribution in [3.63, 3.8) is 0 Å². The minimum absolute atomic E-state index is 0.117. The van der Waals surface area contributed by atoms with Gasteiger partial charge in [0.2, 0.25) is 0 Å². The van der Waals surface area contributed by atoms with Gasteiger partial charge in [-0.15, -0.1) is 10.2 Å². The first-order chi connectivity index (χ1) is 14.2.